The highest BCUT2D eigenvalue weighted by Crippen LogP contribution is 2.12. The molecular weight excluding hydrogens is 254 g/mol. The zero-order valence-electron chi connectivity index (χ0n) is 10.00. The van der Waals surface area contributed by atoms with Gasteiger partial charge >= 0.3 is 0 Å². The molecule has 0 aliphatic rings. The van der Waals surface area contributed by atoms with Gasteiger partial charge in [-0.3, -0.25) is 9.89 Å². The fourth-order valence-corrected chi connectivity index (χ4v) is 1.78. The van der Waals surface area contributed by atoms with Crippen LogP contribution in [0.5, 0.6) is 0 Å². The van der Waals surface area contributed by atoms with Gasteiger partial charge in [-0.2, -0.15) is 5.10 Å². The SMILES string of the molecule is Cc1[nH]ncc1CCCNC(=O)c1ccc(Cl)o1. The highest BCUT2D eigenvalue weighted by atomic mass is 35.5. The number of H-pyrrole nitrogens is 1. The number of furan rings is 1. The third-order valence-electron chi connectivity index (χ3n) is 2.64. The number of hydrogen-bond acceptors (Lipinski definition) is 3. The largest absolute Gasteiger partial charge is 0.440 e. The van der Waals surface area contributed by atoms with Gasteiger partial charge in [-0.05, 0) is 49.1 Å². The standard InChI is InChI=1S/C12H14ClN3O2/c1-8-9(7-15-16-8)3-2-6-14-12(17)10-4-5-11(13)18-10/h4-5,7H,2-3,6H2,1H3,(H,14,17)(H,15,16). The van der Waals surface area contributed by atoms with Gasteiger partial charge in [0.1, 0.15) is 0 Å². The summed E-state index contributed by atoms with van der Waals surface area (Å²) in [7, 11) is 0. The quantitative estimate of drug-likeness (QED) is 0.817. The van der Waals surface area contributed by atoms with E-state index >= 15 is 0 Å². The molecule has 0 saturated heterocycles. The average Bonchev–Trinajstić information content (AvgIpc) is 2.94. The Kier molecular flexibility index (Phi) is 4.04. The van der Waals surface area contributed by atoms with E-state index < -0.39 is 0 Å². The maximum atomic E-state index is 11.6. The van der Waals surface area contributed by atoms with Crippen LogP contribution in [0, 0.1) is 6.92 Å². The van der Waals surface area contributed by atoms with Crippen LogP contribution in [-0.2, 0) is 6.42 Å². The Morgan fingerprint density at radius 1 is 1.56 bits per heavy atom. The number of hydrogen-bond donors (Lipinski definition) is 2. The summed E-state index contributed by atoms with van der Waals surface area (Å²) in [6.07, 6.45) is 3.53. The number of aromatic nitrogens is 2. The second-order valence-electron chi connectivity index (χ2n) is 3.98. The van der Waals surface area contributed by atoms with Crippen molar-refractivity contribution in [3.63, 3.8) is 0 Å². The first-order valence-electron chi connectivity index (χ1n) is 5.69. The predicted molar refractivity (Wildman–Crippen MR) is 67.7 cm³/mol. The molecule has 0 saturated carbocycles. The number of aryl methyl sites for hydroxylation is 2. The van der Waals surface area contributed by atoms with Crippen molar-refractivity contribution in [2.45, 2.75) is 19.8 Å². The number of aromatic amines is 1. The minimum Gasteiger partial charge on any atom is -0.440 e. The van der Waals surface area contributed by atoms with E-state index in [1.165, 1.54) is 5.56 Å². The van der Waals surface area contributed by atoms with Gasteiger partial charge in [-0.15, -0.1) is 0 Å². The van der Waals surface area contributed by atoms with E-state index in [1.54, 1.807) is 12.1 Å². The zero-order valence-corrected chi connectivity index (χ0v) is 10.8. The summed E-state index contributed by atoms with van der Waals surface area (Å²) < 4.78 is 5.01. The first-order valence-corrected chi connectivity index (χ1v) is 6.07. The average molecular weight is 268 g/mol. The Hall–Kier alpha value is -1.75. The maximum Gasteiger partial charge on any atom is 0.287 e. The summed E-state index contributed by atoms with van der Waals surface area (Å²) in [6.45, 7) is 2.56. The molecule has 96 valence electrons. The van der Waals surface area contributed by atoms with E-state index in [0.717, 1.165) is 18.5 Å². The van der Waals surface area contributed by atoms with Gasteiger partial charge < -0.3 is 9.73 Å². The lowest BCUT2D eigenvalue weighted by Crippen LogP contribution is -2.24. The maximum absolute atomic E-state index is 11.6. The Labute approximate surface area is 110 Å². The van der Waals surface area contributed by atoms with Gasteiger partial charge in [0.2, 0.25) is 0 Å². The third-order valence-corrected chi connectivity index (χ3v) is 2.84. The summed E-state index contributed by atoms with van der Waals surface area (Å²) in [5, 5.41) is 9.81. The molecule has 0 atom stereocenters. The zero-order chi connectivity index (χ0) is 13.0. The van der Waals surface area contributed by atoms with Crippen LogP contribution in [0.2, 0.25) is 5.22 Å². The normalized spacial score (nSPS) is 10.6. The topological polar surface area (TPSA) is 70.9 Å². The van der Waals surface area contributed by atoms with Crippen molar-refractivity contribution in [1.82, 2.24) is 15.5 Å². The fraction of sp³-hybridized carbons (Fsp3) is 0.333. The first-order chi connectivity index (χ1) is 8.66. The van der Waals surface area contributed by atoms with Gasteiger partial charge in [-0.1, -0.05) is 0 Å². The van der Waals surface area contributed by atoms with Crippen LogP contribution in [0.3, 0.4) is 0 Å². The molecule has 2 rings (SSSR count). The van der Waals surface area contributed by atoms with Crippen LogP contribution in [-0.4, -0.2) is 22.6 Å². The molecule has 1 amide bonds. The van der Waals surface area contributed by atoms with Crippen molar-refractivity contribution in [1.29, 1.82) is 0 Å². The number of nitrogens with zero attached hydrogens (tertiary/aromatic N) is 1. The van der Waals surface area contributed by atoms with Crippen LogP contribution in [0.15, 0.2) is 22.7 Å². The summed E-state index contributed by atoms with van der Waals surface area (Å²) in [6, 6.07) is 3.10. The number of halogens is 1. The van der Waals surface area contributed by atoms with E-state index in [9.17, 15) is 4.79 Å². The Balaban J connectivity index is 1.73. The molecule has 2 N–H and O–H groups in total. The highest BCUT2D eigenvalue weighted by molar-refractivity contribution is 6.29. The van der Waals surface area contributed by atoms with Crippen LogP contribution in [0.4, 0.5) is 0 Å². The number of carbonyl (C=O) groups excluding carboxylic acids is 1. The molecule has 0 aliphatic heterocycles. The van der Waals surface area contributed by atoms with Crippen LogP contribution >= 0.6 is 11.6 Å². The highest BCUT2D eigenvalue weighted by Gasteiger charge is 2.09. The molecular formula is C12H14ClN3O2. The smallest absolute Gasteiger partial charge is 0.287 e. The molecule has 0 bridgehead atoms. The molecule has 2 aromatic heterocycles. The molecule has 18 heavy (non-hydrogen) atoms. The molecule has 0 aliphatic carbocycles. The predicted octanol–water partition coefficient (Wildman–Crippen LogP) is 2.33. The summed E-state index contributed by atoms with van der Waals surface area (Å²) in [5.41, 5.74) is 2.24. The molecule has 2 heterocycles. The minimum absolute atomic E-state index is 0.217. The van der Waals surface area contributed by atoms with Crippen molar-refractivity contribution < 1.29 is 9.21 Å². The molecule has 5 nitrogen and oxygen atoms in total. The summed E-state index contributed by atoms with van der Waals surface area (Å²) in [5.74, 6) is -0.00897. The van der Waals surface area contributed by atoms with Gasteiger partial charge in [0.15, 0.2) is 11.0 Å². The number of carbonyl (C=O) groups is 1. The monoisotopic (exact) mass is 267 g/mol. The molecule has 2 aromatic rings. The van der Waals surface area contributed by atoms with Gasteiger partial charge in [0.05, 0.1) is 6.20 Å². The van der Waals surface area contributed by atoms with E-state index in [-0.39, 0.29) is 16.9 Å². The van der Waals surface area contributed by atoms with E-state index in [1.807, 2.05) is 13.1 Å². The van der Waals surface area contributed by atoms with Gasteiger partial charge in [0, 0.05) is 12.2 Å². The molecule has 0 unspecified atom stereocenters. The molecule has 0 radical (unpaired) electrons. The van der Waals surface area contributed by atoms with Crippen molar-refractivity contribution in [3.8, 4) is 0 Å². The van der Waals surface area contributed by atoms with Crippen LogP contribution < -0.4 is 5.32 Å². The number of nitrogens with one attached hydrogen (secondary N) is 2. The van der Waals surface area contributed by atoms with E-state index in [2.05, 4.69) is 15.5 Å². The first kappa shape index (κ1) is 12.7. The van der Waals surface area contributed by atoms with Crippen molar-refractivity contribution in [2.24, 2.45) is 0 Å². The van der Waals surface area contributed by atoms with Crippen molar-refractivity contribution in [3.05, 3.63) is 40.6 Å². The lowest BCUT2D eigenvalue weighted by Gasteiger charge is -2.02. The van der Waals surface area contributed by atoms with Crippen LogP contribution in [0.1, 0.15) is 28.2 Å². The van der Waals surface area contributed by atoms with Crippen LogP contribution in [0.25, 0.3) is 0 Å². The van der Waals surface area contributed by atoms with Crippen molar-refractivity contribution >= 4 is 17.5 Å². The lowest BCUT2D eigenvalue weighted by molar-refractivity contribution is 0.0925. The van der Waals surface area contributed by atoms with Gasteiger partial charge in [-0.25, -0.2) is 0 Å². The van der Waals surface area contributed by atoms with E-state index in [4.69, 9.17) is 16.0 Å². The molecule has 0 fully saturated rings. The second-order valence-corrected chi connectivity index (χ2v) is 4.36. The Morgan fingerprint density at radius 2 is 2.39 bits per heavy atom. The van der Waals surface area contributed by atoms with Gasteiger partial charge in [0.25, 0.3) is 5.91 Å². The number of amides is 1. The molecule has 0 spiro atoms. The number of rotatable bonds is 5. The second kappa shape index (κ2) is 5.73. The third kappa shape index (κ3) is 3.13. The van der Waals surface area contributed by atoms with Crippen molar-refractivity contribution in [2.75, 3.05) is 6.54 Å². The summed E-state index contributed by atoms with van der Waals surface area (Å²) >= 11 is 5.59. The minimum atomic E-state index is -0.245. The lowest BCUT2D eigenvalue weighted by atomic mass is 10.1. The fourth-order valence-electron chi connectivity index (χ4n) is 1.63. The van der Waals surface area contributed by atoms with E-state index in [0.29, 0.717) is 6.54 Å². The molecule has 0 aromatic carbocycles. The Morgan fingerprint density at radius 3 is 3.00 bits per heavy atom. The Bertz CT molecular complexity index is 533. The summed E-state index contributed by atoms with van der Waals surface area (Å²) in [4.78, 5) is 11.6. The molecule has 6 heteroatoms.